The van der Waals surface area contributed by atoms with Gasteiger partial charge in [0.2, 0.25) is 11.8 Å². The second-order valence-electron chi connectivity index (χ2n) is 36.1. The third-order valence-electron chi connectivity index (χ3n) is 26.0. The predicted molar refractivity (Wildman–Crippen MR) is 478 cm³/mol. The molecular formula is C102H104N8O18. The first kappa shape index (κ1) is 83.6. The van der Waals surface area contributed by atoms with Crippen LogP contribution in [-0.2, 0) is 60.3 Å². The first-order chi connectivity index (χ1) is 62.4. The average Bonchev–Trinajstić information content (AvgIpc) is 1.35. The number of imide groups is 2. The Morgan fingerprint density at radius 2 is 0.508 bits per heavy atom. The molecule has 8 fully saturated rings. The first-order valence-corrected chi connectivity index (χ1v) is 45.0. The van der Waals surface area contributed by atoms with Crippen molar-refractivity contribution in [2.24, 2.45) is 0 Å². The Labute approximate surface area is 742 Å². The van der Waals surface area contributed by atoms with Crippen LogP contribution in [0.5, 0.6) is 46.0 Å². The van der Waals surface area contributed by atoms with Crippen molar-refractivity contribution < 1.29 is 85.6 Å². The normalized spacial score (nSPS) is 21.3. The number of rotatable bonds is 44. The highest BCUT2D eigenvalue weighted by Crippen LogP contribution is 2.58. The van der Waals surface area contributed by atoms with Crippen molar-refractivity contribution in [1.29, 1.82) is 0 Å². The molecule has 10 heterocycles. The van der Waals surface area contributed by atoms with E-state index in [-0.39, 0.29) is 144 Å². The van der Waals surface area contributed by atoms with Crippen LogP contribution in [0.25, 0.3) is 43.1 Å². The van der Waals surface area contributed by atoms with Crippen molar-refractivity contribution in [1.82, 2.24) is 39.2 Å². The van der Waals surface area contributed by atoms with E-state index >= 15 is 28.8 Å². The van der Waals surface area contributed by atoms with Crippen LogP contribution in [0.4, 0.5) is 0 Å². The Morgan fingerprint density at radius 1 is 0.297 bits per heavy atom. The lowest BCUT2D eigenvalue weighted by molar-refractivity contribution is -0.136. The van der Waals surface area contributed by atoms with Crippen LogP contribution in [0.15, 0.2) is 182 Å². The lowest BCUT2D eigenvalue weighted by atomic mass is 9.80. The number of benzene rings is 11. The third kappa shape index (κ3) is 18.8. The minimum Gasteiger partial charge on any atom is -0.457 e. The summed E-state index contributed by atoms with van der Waals surface area (Å²) in [7, 11) is 0. The van der Waals surface area contributed by atoms with Gasteiger partial charge in [-0.05, 0) is 112 Å². The van der Waals surface area contributed by atoms with Crippen LogP contribution in [0.2, 0.25) is 0 Å². The molecule has 0 radical (unpaired) electrons. The molecule has 8 saturated heterocycles. The van der Waals surface area contributed by atoms with E-state index in [4.69, 9.17) is 56.8 Å². The van der Waals surface area contributed by atoms with Gasteiger partial charge in [0, 0.05) is 161 Å². The molecule has 10 aliphatic rings. The molecule has 0 saturated carbocycles. The van der Waals surface area contributed by atoms with E-state index in [9.17, 15) is 0 Å². The molecule has 6 amide bonds. The maximum Gasteiger partial charge on any atom is 0.262 e. The minimum absolute atomic E-state index is 0.0319. The summed E-state index contributed by atoms with van der Waals surface area (Å²) in [6, 6.07) is 52.7. The van der Waals surface area contributed by atoms with E-state index in [2.05, 4.69) is 19.6 Å². The van der Waals surface area contributed by atoms with Crippen LogP contribution in [0.3, 0.4) is 0 Å². The summed E-state index contributed by atoms with van der Waals surface area (Å²) in [5.74, 6) is -2.02. The number of amides is 6. The van der Waals surface area contributed by atoms with Gasteiger partial charge in [0.05, 0.1) is 124 Å². The van der Waals surface area contributed by atoms with Crippen molar-refractivity contribution in [2.75, 3.05) is 158 Å². The Morgan fingerprint density at radius 3 is 0.711 bits per heavy atom. The van der Waals surface area contributed by atoms with Crippen LogP contribution in [0.1, 0.15) is 74.8 Å². The van der Waals surface area contributed by atoms with Crippen molar-refractivity contribution in [3.8, 4) is 46.0 Å². The zero-order chi connectivity index (χ0) is 87.0. The molecule has 0 spiro atoms. The van der Waals surface area contributed by atoms with Gasteiger partial charge in [0.1, 0.15) is 58.1 Å². The molecule has 0 aromatic heterocycles. The smallest absolute Gasteiger partial charge is 0.262 e. The van der Waals surface area contributed by atoms with Crippen molar-refractivity contribution >= 4 is 78.5 Å². The molecule has 10 atom stereocenters. The zero-order valence-corrected chi connectivity index (χ0v) is 72.4. The van der Waals surface area contributed by atoms with Gasteiger partial charge in [-0.15, -0.1) is 0 Å². The Bertz CT molecular complexity index is 5300. The third-order valence-corrected chi connectivity index (χ3v) is 26.0. The van der Waals surface area contributed by atoms with Gasteiger partial charge in [-0.1, -0.05) is 131 Å². The molecule has 26 heteroatoms. The average molecular weight is 1730 g/mol. The molecule has 21 rings (SSSR count). The monoisotopic (exact) mass is 1730 g/mol. The summed E-state index contributed by atoms with van der Waals surface area (Å²) in [5.41, 5.74) is 5.31. The molecule has 11 aromatic rings. The SMILES string of the molecule is Cc1ccc(Oc2cc3c4c(cc(Oc5ccc(C)cc5)c5c6c(Oc7ccc(C)cc7)cc7c8c(cc(Oc9ccc(C)cc9)c(c2c45)c86)C(=O)N(C(Cc2ccccc2)C(=O)N(CCN(CC2CO2)CC2CO2)CCN(CC2CO2)CC2CO2)C7=O)C(=O)N(C(Cc2ccccc2)C(=O)N(CCN(CC2CO2)CC2CO2)CCN(CC2CO2)CC2CO2)C3=O)cc1. The lowest BCUT2D eigenvalue weighted by Gasteiger charge is -2.38. The summed E-state index contributed by atoms with van der Waals surface area (Å²) in [6.45, 7) is 20.9. The number of carbonyl (C=O) groups excluding carboxylic acids is 6. The number of hydrogen-bond acceptors (Lipinski definition) is 22. The second-order valence-corrected chi connectivity index (χ2v) is 36.1. The Kier molecular flexibility index (Phi) is 23.2. The molecule has 0 aliphatic carbocycles. The zero-order valence-electron chi connectivity index (χ0n) is 72.4. The van der Waals surface area contributed by atoms with Crippen LogP contribution in [0, 0.1) is 27.7 Å². The van der Waals surface area contributed by atoms with Crippen molar-refractivity contribution in [2.45, 2.75) is 101 Å². The Balaban J connectivity index is 0.781. The molecular weight excluding hydrogens is 1630 g/mol. The van der Waals surface area contributed by atoms with Crippen molar-refractivity contribution in [3.05, 3.63) is 238 Å². The molecule has 660 valence electrons. The summed E-state index contributed by atoms with van der Waals surface area (Å²) < 4.78 is 76.2. The van der Waals surface area contributed by atoms with Gasteiger partial charge >= 0.3 is 0 Å². The summed E-state index contributed by atoms with van der Waals surface area (Å²) in [4.78, 5) is 118. The number of fused-ring (bicyclic) bond motifs is 2. The van der Waals surface area contributed by atoms with Gasteiger partial charge in [-0.2, -0.15) is 0 Å². The standard InChI is InChI=1S/C102H104N8O18/c1-61-15-23-67(24-16-61)125-85-41-79-89-80(98(112)109(97(79)111)83(39-65-11-7-5-8-12-65)101(115)107(35-31-103(45-71-53-117-71)46-72-54-118-72)36-32-104(47-73-55-119-73)48-74-56-120-74)43-87(127-69-27-19-63(3)20-28-69)93-94-88(128-70-29-21-64(4)22-30-70)44-82-90-81(42-86(92(96(90)94)91(85)95(89)93)126-68-25-17-62(2)18-26-68)99(113)110(100(82)114)84(40-66-13-9-6-10-14-66)102(116)108(37-33-105(49-75-57-121-75)50-76-58-122-76)38-34-106(51-77-59-123-77)52-78-60-124-78/h5-30,41-44,71-78,83-84H,31-40,45-60H2,1-4H3. The first-order valence-electron chi connectivity index (χ1n) is 45.0. The van der Waals surface area contributed by atoms with E-state index in [0.717, 1.165) is 32.1 Å². The van der Waals surface area contributed by atoms with E-state index < -0.39 is 47.5 Å². The molecule has 10 unspecified atom stereocenters. The molecule has 0 bridgehead atoms. The minimum atomic E-state index is -1.44. The van der Waals surface area contributed by atoms with Gasteiger partial charge < -0.3 is 66.6 Å². The lowest BCUT2D eigenvalue weighted by Crippen LogP contribution is -2.57. The van der Waals surface area contributed by atoms with Crippen molar-refractivity contribution in [3.63, 3.8) is 0 Å². The maximum absolute atomic E-state index is 17.3. The quantitative estimate of drug-likeness (QED) is 0.0149. The van der Waals surface area contributed by atoms with E-state index in [1.54, 1.807) is 24.3 Å². The number of aryl methyl sites for hydroxylation is 4. The molecule has 128 heavy (non-hydrogen) atoms. The van der Waals surface area contributed by atoms with Gasteiger partial charge in [0.25, 0.3) is 23.6 Å². The Hall–Kier alpha value is -11.3. The fraction of sp³-hybridized carbons (Fsp3) is 0.392. The van der Waals surface area contributed by atoms with Crippen LogP contribution < -0.4 is 18.9 Å². The fourth-order valence-corrected chi connectivity index (χ4v) is 18.5. The number of epoxide rings is 8. The number of hydrogen-bond donors (Lipinski definition) is 0. The molecule has 10 aliphatic heterocycles. The van der Waals surface area contributed by atoms with E-state index in [1.807, 2.05) is 195 Å². The molecule has 26 nitrogen and oxygen atoms in total. The predicted octanol–water partition coefficient (Wildman–Crippen LogP) is 12.6. The number of carbonyl (C=O) groups is 6. The highest BCUT2D eigenvalue weighted by molar-refractivity contribution is 6.45. The molecule has 11 aromatic carbocycles. The summed E-state index contributed by atoms with van der Waals surface area (Å²) >= 11 is 0. The van der Waals surface area contributed by atoms with Gasteiger partial charge in [0.15, 0.2) is 0 Å². The topological polar surface area (TPSA) is 266 Å². The largest absolute Gasteiger partial charge is 0.457 e. The van der Waals surface area contributed by atoms with Gasteiger partial charge in [-0.25, -0.2) is 0 Å². The van der Waals surface area contributed by atoms with Gasteiger partial charge in [-0.3, -0.25) is 58.2 Å². The summed E-state index contributed by atoms with van der Waals surface area (Å²) in [6.07, 6.45) is 0.261. The van der Waals surface area contributed by atoms with E-state index in [1.165, 1.54) is 0 Å². The van der Waals surface area contributed by atoms with Crippen LogP contribution >= 0.6 is 0 Å². The highest BCUT2D eigenvalue weighted by atomic mass is 16.6. The number of nitrogens with zero attached hydrogens (tertiary/aromatic N) is 8. The van der Waals surface area contributed by atoms with E-state index in [0.29, 0.717) is 198 Å². The summed E-state index contributed by atoms with van der Waals surface area (Å²) in [5, 5.41) is 2.26. The molecule has 0 N–H and O–H groups in total. The number of ether oxygens (including phenoxy) is 12. The maximum atomic E-state index is 17.3. The second kappa shape index (κ2) is 35.6. The fourth-order valence-electron chi connectivity index (χ4n) is 18.5. The van der Waals surface area contributed by atoms with Crippen LogP contribution in [-0.4, -0.2) is 293 Å². The highest BCUT2D eigenvalue weighted by Gasteiger charge is 2.49.